The van der Waals surface area contributed by atoms with Gasteiger partial charge in [-0.1, -0.05) is 26.0 Å². The summed E-state index contributed by atoms with van der Waals surface area (Å²) in [5.41, 5.74) is 1.90. The molecule has 0 fully saturated rings. The topological polar surface area (TPSA) is 44.4 Å². The standard InChI is InChI=1S/C16H27N3O/c1-5-19(6-2)12-13(3)18-11-14-7-9-15(10-8-14)16(20)17-4/h7-10,13,18H,5-6,11-12H2,1-4H3,(H,17,20). The van der Waals surface area contributed by atoms with Gasteiger partial charge < -0.3 is 15.5 Å². The number of hydrogen-bond acceptors (Lipinski definition) is 3. The molecule has 0 radical (unpaired) electrons. The summed E-state index contributed by atoms with van der Waals surface area (Å²) < 4.78 is 0. The zero-order chi connectivity index (χ0) is 15.0. The fourth-order valence-corrected chi connectivity index (χ4v) is 2.14. The van der Waals surface area contributed by atoms with Crippen molar-refractivity contribution in [1.82, 2.24) is 15.5 Å². The largest absolute Gasteiger partial charge is 0.355 e. The fourth-order valence-electron chi connectivity index (χ4n) is 2.14. The van der Waals surface area contributed by atoms with Crippen molar-refractivity contribution in [2.24, 2.45) is 0 Å². The molecular weight excluding hydrogens is 250 g/mol. The summed E-state index contributed by atoms with van der Waals surface area (Å²) in [5, 5.41) is 6.14. The minimum absolute atomic E-state index is 0.0422. The maximum atomic E-state index is 11.4. The molecule has 0 heterocycles. The molecule has 0 aliphatic carbocycles. The van der Waals surface area contributed by atoms with E-state index >= 15 is 0 Å². The Hall–Kier alpha value is -1.39. The SMILES string of the molecule is CCN(CC)CC(C)NCc1ccc(C(=O)NC)cc1. The summed E-state index contributed by atoms with van der Waals surface area (Å²) in [6.07, 6.45) is 0. The number of carbonyl (C=O) groups is 1. The molecular formula is C16H27N3O. The van der Waals surface area contributed by atoms with Gasteiger partial charge in [0.05, 0.1) is 0 Å². The maximum absolute atomic E-state index is 11.4. The summed E-state index contributed by atoms with van der Waals surface area (Å²) in [6, 6.07) is 8.19. The zero-order valence-electron chi connectivity index (χ0n) is 13.1. The highest BCUT2D eigenvalue weighted by atomic mass is 16.1. The highest BCUT2D eigenvalue weighted by molar-refractivity contribution is 5.93. The van der Waals surface area contributed by atoms with E-state index in [0.29, 0.717) is 11.6 Å². The van der Waals surface area contributed by atoms with Crippen molar-refractivity contribution < 1.29 is 4.79 Å². The van der Waals surface area contributed by atoms with Crippen molar-refractivity contribution in [3.05, 3.63) is 35.4 Å². The van der Waals surface area contributed by atoms with Gasteiger partial charge in [0.15, 0.2) is 0 Å². The first-order chi connectivity index (χ1) is 9.60. The molecule has 4 nitrogen and oxygen atoms in total. The normalized spacial score (nSPS) is 12.4. The van der Waals surface area contributed by atoms with Gasteiger partial charge in [0.2, 0.25) is 0 Å². The lowest BCUT2D eigenvalue weighted by Crippen LogP contribution is -2.38. The van der Waals surface area contributed by atoms with Crippen LogP contribution in [-0.4, -0.2) is 43.5 Å². The Morgan fingerprint density at radius 3 is 2.30 bits per heavy atom. The number of hydrogen-bond donors (Lipinski definition) is 2. The number of nitrogens with one attached hydrogen (secondary N) is 2. The van der Waals surface area contributed by atoms with Crippen molar-refractivity contribution in [3.63, 3.8) is 0 Å². The average molecular weight is 277 g/mol. The van der Waals surface area contributed by atoms with E-state index in [1.165, 1.54) is 5.56 Å². The number of rotatable bonds is 8. The highest BCUT2D eigenvalue weighted by Gasteiger charge is 2.07. The quantitative estimate of drug-likeness (QED) is 0.762. The molecule has 0 saturated carbocycles. The minimum Gasteiger partial charge on any atom is -0.355 e. The van der Waals surface area contributed by atoms with Gasteiger partial charge in [-0.2, -0.15) is 0 Å². The molecule has 0 aliphatic rings. The van der Waals surface area contributed by atoms with Gasteiger partial charge >= 0.3 is 0 Å². The van der Waals surface area contributed by atoms with E-state index in [9.17, 15) is 4.79 Å². The number of benzene rings is 1. The van der Waals surface area contributed by atoms with Crippen LogP contribution in [0.2, 0.25) is 0 Å². The first-order valence-corrected chi connectivity index (χ1v) is 7.37. The fraction of sp³-hybridized carbons (Fsp3) is 0.562. The Morgan fingerprint density at radius 2 is 1.80 bits per heavy atom. The Balaban J connectivity index is 2.43. The monoisotopic (exact) mass is 277 g/mol. The van der Waals surface area contributed by atoms with Gasteiger partial charge in [0, 0.05) is 31.7 Å². The van der Waals surface area contributed by atoms with E-state index in [2.05, 4.69) is 36.3 Å². The summed E-state index contributed by atoms with van der Waals surface area (Å²) in [5.74, 6) is -0.0422. The van der Waals surface area contributed by atoms with Crippen molar-refractivity contribution in [1.29, 1.82) is 0 Å². The van der Waals surface area contributed by atoms with Crippen molar-refractivity contribution in [3.8, 4) is 0 Å². The summed E-state index contributed by atoms with van der Waals surface area (Å²) >= 11 is 0. The minimum atomic E-state index is -0.0422. The molecule has 20 heavy (non-hydrogen) atoms. The predicted octanol–water partition coefficient (Wildman–Crippen LogP) is 1.87. The molecule has 0 saturated heterocycles. The molecule has 0 aromatic heterocycles. The molecule has 1 amide bonds. The van der Waals surface area contributed by atoms with Crippen molar-refractivity contribution >= 4 is 5.91 Å². The van der Waals surface area contributed by atoms with Crippen LogP contribution in [0, 0.1) is 0 Å². The Labute approximate surface area is 122 Å². The second-order valence-electron chi connectivity index (χ2n) is 5.04. The zero-order valence-corrected chi connectivity index (χ0v) is 13.1. The molecule has 0 spiro atoms. The van der Waals surface area contributed by atoms with E-state index in [1.807, 2.05) is 24.3 Å². The van der Waals surface area contributed by atoms with Gasteiger partial charge in [-0.15, -0.1) is 0 Å². The smallest absolute Gasteiger partial charge is 0.251 e. The third-order valence-corrected chi connectivity index (χ3v) is 3.52. The van der Waals surface area contributed by atoms with Crippen LogP contribution in [0.15, 0.2) is 24.3 Å². The van der Waals surface area contributed by atoms with Crippen LogP contribution < -0.4 is 10.6 Å². The van der Waals surface area contributed by atoms with Crippen LogP contribution in [0.25, 0.3) is 0 Å². The van der Waals surface area contributed by atoms with E-state index in [1.54, 1.807) is 7.05 Å². The molecule has 112 valence electrons. The number of likely N-dealkylation sites (N-methyl/N-ethyl adjacent to an activating group) is 1. The number of nitrogens with zero attached hydrogens (tertiary/aromatic N) is 1. The Bertz CT molecular complexity index is 399. The predicted molar refractivity (Wildman–Crippen MR) is 83.9 cm³/mol. The second kappa shape index (κ2) is 8.72. The summed E-state index contributed by atoms with van der Waals surface area (Å²) in [4.78, 5) is 13.9. The van der Waals surface area contributed by atoms with Crippen molar-refractivity contribution in [2.75, 3.05) is 26.7 Å². The molecule has 1 atom stereocenters. The third kappa shape index (κ3) is 5.31. The van der Waals surface area contributed by atoms with Gasteiger partial charge in [0.1, 0.15) is 0 Å². The third-order valence-electron chi connectivity index (χ3n) is 3.52. The number of carbonyl (C=O) groups excluding carboxylic acids is 1. The first kappa shape index (κ1) is 16.7. The van der Waals surface area contributed by atoms with E-state index in [-0.39, 0.29) is 5.91 Å². The van der Waals surface area contributed by atoms with Crippen LogP contribution in [0.1, 0.15) is 36.7 Å². The maximum Gasteiger partial charge on any atom is 0.251 e. The van der Waals surface area contributed by atoms with E-state index < -0.39 is 0 Å². The molecule has 1 aromatic rings. The molecule has 1 unspecified atom stereocenters. The molecule has 1 aromatic carbocycles. The molecule has 2 N–H and O–H groups in total. The van der Waals surface area contributed by atoms with Gasteiger partial charge in [-0.25, -0.2) is 0 Å². The second-order valence-corrected chi connectivity index (χ2v) is 5.04. The van der Waals surface area contributed by atoms with Gasteiger partial charge in [0.25, 0.3) is 5.91 Å². The lowest BCUT2D eigenvalue weighted by Gasteiger charge is -2.23. The van der Waals surface area contributed by atoms with Crippen LogP contribution in [0.5, 0.6) is 0 Å². The van der Waals surface area contributed by atoms with E-state index in [0.717, 1.165) is 26.2 Å². The van der Waals surface area contributed by atoms with Crippen LogP contribution >= 0.6 is 0 Å². The summed E-state index contributed by atoms with van der Waals surface area (Å²) in [7, 11) is 1.65. The van der Waals surface area contributed by atoms with Crippen LogP contribution in [0.3, 0.4) is 0 Å². The van der Waals surface area contributed by atoms with Crippen LogP contribution in [-0.2, 0) is 6.54 Å². The number of amides is 1. The Kier molecular flexibility index (Phi) is 7.26. The Morgan fingerprint density at radius 1 is 1.20 bits per heavy atom. The van der Waals surface area contributed by atoms with Gasteiger partial charge in [-0.3, -0.25) is 4.79 Å². The van der Waals surface area contributed by atoms with Crippen LogP contribution in [0.4, 0.5) is 0 Å². The molecule has 0 bridgehead atoms. The van der Waals surface area contributed by atoms with Gasteiger partial charge in [-0.05, 0) is 37.7 Å². The lowest BCUT2D eigenvalue weighted by atomic mass is 10.1. The lowest BCUT2D eigenvalue weighted by molar-refractivity contribution is 0.0963. The van der Waals surface area contributed by atoms with E-state index in [4.69, 9.17) is 0 Å². The average Bonchev–Trinajstić information content (AvgIpc) is 2.50. The molecule has 4 heteroatoms. The van der Waals surface area contributed by atoms with Crippen molar-refractivity contribution in [2.45, 2.75) is 33.4 Å². The molecule has 0 aliphatic heterocycles. The molecule has 1 rings (SSSR count). The summed E-state index contributed by atoms with van der Waals surface area (Å²) in [6.45, 7) is 10.6. The highest BCUT2D eigenvalue weighted by Crippen LogP contribution is 2.05. The first-order valence-electron chi connectivity index (χ1n) is 7.37.